The van der Waals surface area contributed by atoms with Gasteiger partial charge in [0.15, 0.2) is 0 Å². The predicted molar refractivity (Wildman–Crippen MR) is 151 cm³/mol. The van der Waals surface area contributed by atoms with Crippen LogP contribution in [0.2, 0.25) is 0 Å². The molecule has 0 atom stereocenters. The van der Waals surface area contributed by atoms with Crippen LogP contribution in [0.4, 0.5) is 5.82 Å². The van der Waals surface area contributed by atoms with Gasteiger partial charge in [-0.25, -0.2) is 4.98 Å². The van der Waals surface area contributed by atoms with Crippen LogP contribution in [0.1, 0.15) is 55.7 Å². The predicted octanol–water partition coefficient (Wildman–Crippen LogP) is 5.43. The zero-order valence-electron chi connectivity index (χ0n) is 20.5. The van der Waals surface area contributed by atoms with Gasteiger partial charge in [0.05, 0.1) is 10.5 Å². The number of carbonyl (C=O) groups is 1. The van der Waals surface area contributed by atoms with Gasteiger partial charge in [0.2, 0.25) is 0 Å². The van der Waals surface area contributed by atoms with Gasteiger partial charge in [-0.15, -0.1) is 0 Å². The van der Waals surface area contributed by atoms with Crippen LogP contribution in [-0.4, -0.2) is 37.6 Å². The van der Waals surface area contributed by atoms with E-state index in [9.17, 15) is 9.59 Å². The van der Waals surface area contributed by atoms with Crippen molar-refractivity contribution in [3.63, 3.8) is 0 Å². The van der Waals surface area contributed by atoms with E-state index in [0.29, 0.717) is 39.3 Å². The highest BCUT2D eigenvalue weighted by Crippen LogP contribution is 2.34. The molecule has 2 aromatic heterocycles. The molecular weight excluding hydrogens is 488 g/mol. The Hall–Kier alpha value is -2.97. The molecule has 0 radical (unpaired) electrons. The van der Waals surface area contributed by atoms with E-state index in [1.807, 2.05) is 24.3 Å². The molecular formula is C28H30N4O2S2. The van der Waals surface area contributed by atoms with E-state index in [2.05, 4.69) is 30.0 Å². The summed E-state index contributed by atoms with van der Waals surface area (Å²) >= 11 is 6.82. The first-order valence-electron chi connectivity index (χ1n) is 12.7. The average molecular weight is 519 g/mol. The van der Waals surface area contributed by atoms with Gasteiger partial charge in [-0.2, -0.15) is 0 Å². The summed E-state index contributed by atoms with van der Waals surface area (Å²) in [6.45, 7) is 4.24. The highest BCUT2D eigenvalue weighted by Gasteiger charge is 2.32. The average Bonchev–Trinajstić information content (AvgIpc) is 3.17. The quantitative estimate of drug-likeness (QED) is 0.225. The number of fused-ring (bicyclic) bond motifs is 2. The second kappa shape index (κ2) is 11.0. The van der Waals surface area contributed by atoms with Crippen LogP contribution in [0.5, 0.6) is 0 Å². The normalized spacial score (nSPS) is 16.9. The summed E-state index contributed by atoms with van der Waals surface area (Å²) in [5.41, 5.74) is 3.40. The van der Waals surface area contributed by atoms with Crippen LogP contribution in [0.3, 0.4) is 0 Å². The van der Waals surface area contributed by atoms with Crippen molar-refractivity contribution in [2.45, 2.75) is 52.0 Å². The van der Waals surface area contributed by atoms with Crippen molar-refractivity contribution >= 4 is 51.7 Å². The van der Waals surface area contributed by atoms with Gasteiger partial charge in [-0.1, -0.05) is 86.9 Å². The number of hydrogen-bond donors (Lipinski definition) is 0. The van der Waals surface area contributed by atoms with Crippen molar-refractivity contribution in [1.29, 1.82) is 0 Å². The van der Waals surface area contributed by atoms with Crippen LogP contribution in [-0.2, 0) is 17.8 Å². The molecule has 0 N–H and O–H groups in total. The van der Waals surface area contributed by atoms with Crippen molar-refractivity contribution in [2.24, 2.45) is 0 Å². The summed E-state index contributed by atoms with van der Waals surface area (Å²) in [5, 5.41) is 0. The summed E-state index contributed by atoms with van der Waals surface area (Å²) < 4.78 is 2.10. The number of unbranched alkanes of at least 4 members (excludes halogenated alkanes) is 4. The van der Waals surface area contributed by atoms with Gasteiger partial charge in [-0.3, -0.25) is 18.9 Å². The van der Waals surface area contributed by atoms with Gasteiger partial charge in [-0.05, 0) is 42.2 Å². The first-order valence-corrected chi connectivity index (χ1v) is 13.9. The molecule has 2 aliphatic rings. The number of carbonyl (C=O) groups excluding carboxylic acids is 1. The first-order chi connectivity index (χ1) is 17.6. The maximum Gasteiger partial charge on any atom is 0.267 e. The smallest absolute Gasteiger partial charge is 0.267 e. The minimum absolute atomic E-state index is 0.118. The summed E-state index contributed by atoms with van der Waals surface area (Å²) in [7, 11) is 0. The van der Waals surface area contributed by atoms with E-state index < -0.39 is 0 Å². The molecule has 186 valence electrons. The number of nitrogens with zero attached hydrogens (tertiary/aromatic N) is 4. The van der Waals surface area contributed by atoms with Gasteiger partial charge < -0.3 is 4.90 Å². The van der Waals surface area contributed by atoms with Gasteiger partial charge >= 0.3 is 0 Å². The lowest BCUT2D eigenvalue weighted by atomic mass is 9.99. The lowest BCUT2D eigenvalue weighted by Crippen LogP contribution is -2.34. The Bertz CT molecular complexity index is 1400. The Labute approximate surface area is 221 Å². The molecule has 2 aliphatic heterocycles. The number of thioether (sulfide) groups is 1. The van der Waals surface area contributed by atoms with E-state index >= 15 is 0 Å². The Kier molecular flexibility index (Phi) is 7.53. The molecule has 0 spiro atoms. The molecule has 36 heavy (non-hydrogen) atoms. The van der Waals surface area contributed by atoms with E-state index in [1.165, 1.54) is 42.2 Å². The van der Waals surface area contributed by atoms with Crippen LogP contribution in [0, 0.1) is 0 Å². The third-order valence-corrected chi connectivity index (χ3v) is 8.19. The maximum atomic E-state index is 13.7. The van der Waals surface area contributed by atoms with E-state index in [0.717, 1.165) is 25.8 Å². The number of pyridine rings is 1. The number of anilines is 1. The zero-order valence-corrected chi connectivity index (χ0v) is 22.1. The van der Waals surface area contributed by atoms with Crippen molar-refractivity contribution in [2.75, 3.05) is 18.0 Å². The van der Waals surface area contributed by atoms with Crippen molar-refractivity contribution < 1.29 is 4.79 Å². The third kappa shape index (κ3) is 4.97. The maximum absolute atomic E-state index is 13.7. The van der Waals surface area contributed by atoms with E-state index in [1.54, 1.807) is 21.6 Å². The number of rotatable bonds is 8. The molecule has 4 heterocycles. The molecule has 3 aromatic rings. The topological polar surface area (TPSA) is 57.9 Å². The van der Waals surface area contributed by atoms with Crippen LogP contribution >= 0.6 is 24.0 Å². The van der Waals surface area contributed by atoms with Crippen LogP contribution < -0.4 is 10.5 Å². The molecule has 1 fully saturated rings. The minimum Gasteiger partial charge on any atom is -0.351 e. The van der Waals surface area contributed by atoms with Gasteiger partial charge in [0, 0.05) is 25.8 Å². The lowest BCUT2D eigenvalue weighted by Gasteiger charge is -2.30. The largest absolute Gasteiger partial charge is 0.351 e. The molecule has 1 saturated heterocycles. The minimum atomic E-state index is -0.181. The fourth-order valence-corrected chi connectivity index (χ4v) is 6.12. The Morgan fingerprint density at radius 1 is 1.03 bits per heavy atom. The van der Waals surface area contributed by atoms with Gasteiger partial charge in [0.1, 0.15) is 15.8 Å². The van der Waals surface area contributed by atoms with Crippen LogP contribution in [0.25, 0.3) is 11.7 Å². The van der Waals surface area contributed by atoms with Crippen LogP contribution in [0.15, 0.2) is 58.4 Å². The second-order valence-electron chi connectivity index (χ2n) is 9.27. The summed E-state index contributed by atoms with van der Waals surface area (Å²) in [6, 6.07) is 13.9. The monoisotopic (exact) mass is 518 g/mol. The van der Waals surface area contributed by atoms with Crippen molar-refractivity contribution in [3.05, 3.63) is 80.6 Å². The van der Waals surface area contributed by atoms with Crippen molar-refractivity contribution in [3.8, 4) is 0 Å². The standard InChI is InChI=1S/C28H30N4O2S2/c1-2-3-4-5-9-16-32-27(34)23(36-28(32)35)18-22-25(29-24-13-8-10-15-31(24)26(22)33)30-17-14-20-11-6-7-12-21(20)19-30/h6-8,10-13,15,18H,2-5,9,14,16-17,19H2,1H3. The Morgan fingerprint density at radius 2 is 1.81 bits per heavy atom. The Balaban J connectivity index is 1.49. The number of benzene rings is 1. The lowest BCUT2D eigenvalue weighted by molar-refractivity contribution is -0.122. The molecule has 6 nitrogen and oxygen atoms in total. The summed E-state index contributed by atoms with van der Waals surface area (Å²) in [6.07, 6.45) is 9.89. The fraction of sp³-hybridized carbons (Fsp3) is 0.357. The molecule has 1 aromatic carbocycles. The van der Waals surface area contributed by atoms with Gasteiger partial charge in [0.25, 0.3) is 11.5 Å². The highest BCUT2D eigenvalue weighted by atomic mass is 32.2. The van der Waals surface area contributed by atoms with E-state index in [4.69, 9.17) is 17.2 Å². The molecule has 8 heteroatoms. The number of hydrogen-bond acceptors (Lipinski definition) is 6. The number of aromatic nitrogens is 2. The SMILES string of the molecule is CCCCCCCN1C(=O)C(=Cc2c(N3CCc4ccccc4C3)nc3ccccn3c2=O)SC1=S. The highest BCUT2D eigenvalue weighted by molar-refractivity contribution is 8.26. The molecule has 0 unspecified atom stereocenters. The summed E-state index contributed by atoms with van der Waals surface area (Å²) in [4.78, 5) is 36.1. The van der Waals surface area contributed by atoms with Crippen molar-refractivity contribution in [1.82, 2.24) is 14.3 Å². The molecule has 1 amide bonds. The zero-order chi connectivity index (χ0) is 25.1. The number of amides is 1. The Morgan fingerprint density at radius 3 is 2.64 bits per heavy atom. The third-order valence-electron chi connectivity index (χ3n) is 6.81. The molecule has 0 saturated carbocycles. The fourth-order valence-electron chi connectivity index (χ4n) is 4.83. The second-order valence-corrected chi connectivity index (χ2v) is 10.9. The molecule has 0 aliphatic carbocycles. The molecule has 0 bridgehead atoms. The number of thiocarbonyl (C=S) groups is 1. The summed E-state index contributed by atoms with van der Waals surface area (Å²) in [5.74, 6) is 0.499. The molecule has 5 rings (SSSR count). The first kappa shape index (κ1) is 24.7. The van der Waals surface area contributed by atoms with E-state index in [-0.39, 0.29) is 11.5 Å².